The predicted octanol–water partition coefficient (Wildman–Crippen LogP) is 0.0980. The molecule has 3 N–H and O–H groups in total. The van der Waals surface area contributed by atoms with Crippen LogP contribution in [0, 0.1) is 12.3 Å². The van der Waals surface area contributed by atoms with Gasteiger partial charge in [-0.1, -0.05) is 5.92 Å². The molecule has 0 fully saturated rings. The van der Waals surface area contributed by atoms with E-state index < -0.39 is 0 Å². The lowest BCUT2D eigenvalue weighted by atomic mass is 10.4. The maximum atomic E-state index is 5.15. The van der Waals surface area contributed by atoms with Crippen LogP contribution in [0.1, 0.15) is 12.6 Å². The Kier molecular flexibility index (Phi) is 4.81. The first-order chi connectivity index (χ1) is 7.36. The molecule has 0 aromatic carbocycles. The quantitative estimate of drug-likeness (QED) is 0.371. The first kappa shape index (κ1) is 11.1. The van der Waals surface area contributed by atoms with Crippen molar-refractivity contribution in [2.24, 2.45) is 4.99 Å². The summed E-state index contributed by atoms with van der Waals surface area (Å²) in [5.41, 5.74) is 0.966. The van der Waals surface area contributed by atoms with Crippen LogP contribution in [0.3, 0.4) is 0 Å². The van der Waals surface area contributed by atoms with E-state index in [2.05, 4.69) is 31.7 Å². The average Bonchev–Trinajstić information content (AvgIpc) is 2.75. The van der Waals surface area contributed by atoms with Crippen molar-refractivity contribution in [2.75, 3.05) is 13.1 Å². The van der Waals surface area contributed by atoms with Crippen LogP contribution in [-0.4, -0.2) is 29.2 Å². The van der Waals surface area contributed by atoms with Crippen LogP contribution in [0.2, 0.25) is 0 Å². The second-order valence-electron chi connectivity index (χ2n) is 2.83. The number of terminal acetylenes is 1. The van der Waals surface area contributed by atoms with E-state index in [1.54, 1.807) is 6.20 Å². The molecular formula is C10H15N5. The van der Waals surface area contributed by atoms with Gasteiger partial charge in [0.05, 0.1) is 18.8 Å². The van der Waals surface area contributed by atoms with Crippen LogP contribution in [0.25, 0.3) is 0 Å². The Labute approximate surface area is 89.4 Å². The fourth-order valence-electron chi connectivity index (χ4n) is 1.01. The SMILES string of the molecule is C#CCNC(=NCc1ccn[nH]1)NCC. The Morgan fingerprint density at radius 2 is 2.53 bits per heavy atom. The highest BCUT2D eigenvalue weighted by molar-refractivity contribution is 5.79. The molecule has 5 heteroatoms. The summed E-state index contributed by atoms with van der Waals surface area (Å²) >= 11 is 0. The molecule has 5 nitrogen and oxygen atoms in total. The van der Waals surface area contributed by atoms with Crippen LogP contribution in [0.15, 0.2) is 17.3 Å². The van der Waals surface area contributed by atoms with Gasteiger partial charge in [0.1, 0.15) is 0 Å². The molecule has 0 saturated heterocycles. The van der Waals surface area contributed by atoms with Gasteiger partial charge in [-0.25, -0.2) is 4.99 Å². The minimum absolute atomic E-state index is 0.467. The van der Waals surface area contributed by atoms with E-state index in [9.17, 15) is 0 Å². The highest BCUT2D eigenvalue weighted by Gasteiger charge is 1.95. The van der Waals surface area contributed by atoms with E-state index in [0.29, 0.717) is 19.0 Å². The first-order valence-corrected chi connectivity index (χ1v) is 4.80. The van der Waals surface area contributed by atoms with E-state index in [1.807, 2.05) is 13.0 Å². The first-order valence-electron chi connectivity index (χ1n) is 4.80. The number of nitrogens with zero attached hydrogens (tertiary/aromatic N) is 2. The van der Waals surface area contributed by atoms with Crippen molar-refractivity contribution in [1.82, 2.24) is 20.8 Å². The zero-order chi connectivity index (χ0) is 10.9. The Bertz CT molecular complexity index is 333. The zero-order valence-corrected chi connectivity index (χ0v) is 8.75. The Hall–Kier alpha value is -1.96. The van der Waals surface area contributed by atoms with E-state index in [0.717, 1.165) is 12.2 Å². The fraction of sp³-hybridized carbons (Fsp3) is 0.400. The lowest BCUT2D eigenvalue weighted by Gasteiger charge is -2.07. The van der Waals surface area contributed by atoms with Crippen LogP contribution < -0.4 is 10.6 Å². The van der Waals surface area contributed by atoms with Gasteiger partial charge in [0, 0.05) is 12.7 Å². The van der Waals surface area contributed by atoms with E-state index in [-0.39, 0.29) is 0 Å². The number of aliphatic imine (C=N–C) groups is 1. The third-order valence-electron chi connectivity index (χ3n) is 1.67. The van der Waals surface area contributed by atoms with E-state index >= 15 is 0 Å². The summed E-state index contributed by atoms with van der Waals surface area (Å²) in [5.74, 6) is 3.21. The molecule has 0 saturated carbocycles. The average molecular weight is 205 g/mol. The molecule has 15 heavy (non-hydrogen) atoms. The predicted molar refractivity (Wildman–Crippen MR) is 60.2 cm³/mol. The van der Waals surface area contributed by atoms with Gasteiger partial charge in [-0.2, -0.15) is 5.10 Å². The molecular weight excluding hydrogens is 190 g/mol. The number of nitrogens with one attached hydrogen (secondary N) is 3. The zero-order valence-electron chi connectivity index (χ0n) is 8.75. The molecule has 0 radical (unpaired) electrons. The molecule has 1 aromatic rings. The van der Waals surface area contributed by atoms with Gasteiger partial charge in [-0.05, 0) is 13.0 Å². The molecule has 0 amide bonds. The second-order valence-corrected chi connectivity index (χ2v) is 2.83. The van der Waals surface area contributed by atoms with Gasteiger partial charge in [0.15, 0.2) is 5.96 Å². The van der Waals surface area contributed by atoms with Crippen molar-refractivity contribution < 1.29 is 0 Å². The van der Waals surface area contributed by atoms with Crippen molar-refractivity contribution >= 4 is 5.96 Å². The van der Waals surface area contributed by atoms with Gasteiger partial charge in [-0.3, -0.25) is 5.10 Å². The van der Waals surface area contributed by atoms with Gasteiger partial charge in [-0.15, -0.1) is 6.42 Å². The lowest BCUT2D eigenvalue weighted by molar-refractivity contribution is 0.853. The van der Waals surface area contributed by atoms with Gasteiger partial charge in [0.2, 0.25) is 0 Å². The fourth-order valence-corrected chi connectivity index (χ4v) is 1.01. The third-order valence-corrected chi connectivity index (χ3v) is 1.67. The minimum atomic E-state index is 0.467. The van der Waals surface area contributed by atoms with E-state index in [4.69, 9.17) is 6.42 Å². The maximum absolute atomic E-state index is 5.15. The minimum Gasteiger partial charge on any atom is -0.357 e. The summed E-state index contributed by atoms with van der Waals surface area (Å²) in [5, 5.41) is 12.8. The number of hydrogen-bond donors (Lipinski definition) is 3. The topological polar surface area (TPSA) is 65.1 Å². The molecule has 1 rings (SSSR count). The number of aromatic nitrogens is 2. The summed E-state index contributed by atoms with van der Waals surface area (Å²) in [7, 11) is 0. The maximum Gasteiger partial charge on any atom is 0.192 e. The molecule has 80 valence electrons. The van der Waals surface area contributed by atoms with Crippen molar-refractivity contribution in [3.8, 4) is 12.3 Å². The molecule has 0 bridgehead atoms. The monoisotopic (exact) mass is 205 g/mol. The van der Waals surface area contributed by atoms with Gasteiger partial charge in [0.25, 0.3) is 0 Å². The number of aromatic amines is 1. The molecule has 0 aliphatic heterocycles. The summed E-state index contributed by atoms with van der Waals surface area (Å²) < 4.78 is 0. The molecule has 0 unspecified atom stereocenters. The Morgan fingerprint density at radius 1 is 1.67 bits per heavy atom. The summed E-state index contributed by atoms with van der Waals surface area (Å²) in [6.07, 6.45) is 6.85. The van der Waals surface area contributed by atoms with Crippen LogP contribution in [0.4, 0.5) is 0 Å². The van der Waals surface area contributed by atoms with Crippen LogP contribution in [0.5, 0.6) is 0 Å². The number of rotatable bonds is 4. The molecule has 0 spiro atoms. The number of guanidine groups is 1. The van der Waals surface area contributed by atoms with Crippen molar-refractivity contribution in [2.45, 2.75) is 13.5 Å². The van der Waals surface area contributed by atoms with Crippen molar-refractivity contribution in [3.05, 3.63) is 18.0 Å². The smallest absolute Gasteiger partial charge is 0.192 e. The van der Waals surface area contributed by atoms with Gasteiger partial charge < -0.3 is 10.6 Å². The normalized spacial score (nSPS) is 10.8. The van der Waals surface area contributed by atoms with E-state index in [1.165, 1.54) is 0 Å². The highest BCUT2D eigenvalue weighted by Crippen LogP contribution is 1.93. The molecule has 0 atom stereocenters. The number of hydrogen-bond acceptors (Lipinski definition) is 2. The molecule has 0 aliphatic rings. The van der Waals surface area contributed by atoms with Crippen molar-refractivity contribution in [3.63, 3.8) is 0 Å². The second kappa shape index (κ2) is 6.49. The molecule has 1 aromatic heterocycles. The standard InChI is InChI=1S/C10H15N5/c1-3-6-12-10(11-4-2)13-8-9-5-7-14-15-9/h1,5,7H,4,6,8H2,2H3,(H,14,15)(H2,11,12,13). The van der Waals surface area contributed by atoms with Crippen LogP contribution >= 0.6 is 0 Å². The van der Waals surface area contributed by atoms with Crippen molar-refractivity contribution in [1.29, 1.82) is 0 Å². The summed E-state index contributed by atoms with van der Waals surface area (Å²) in [6, 6.07) is 1.88. The Morgan fingerprint density at radius 3 is 3.13 bits per heavy atom. The molecule has 1 heterocycles. The Balaban J connectivity index is 2.47. The van der Waals surface area contributed by atoms with Crippen LogP contribution in [-0.2, 0) is 6.54 Å². The summed E-state index contributed by atoms with van der Waals surface area (Å²) in [6.45, 7) is 3.83. The lowest BCUT2D eigenvalue weighted by Crippen LogP contribution is -2.37. The third kappa shape index (κ3) is 4.18. The largest absolute Gasteiger partial charge is 0.357 e. The molecule has 0 aliphatic carbocycles. The number of H-pyrrole nitrogens is 1. The highest BCUT2D eigenvalue weighted by atomic mass is 15.2. The summed E-state index contributed by atoms with van der Waals surface area (Å²) in [4.78, 5) is 4.32. The van der Waals surface area contributed by atoms with Gasteiger partial charge >= 0.3 is 0 Å².